The average molecular weight is 582 g/mol. The fraction of sp³-hybridized carbons (Fsp3) is 0.345. The van der Waals surface area contributed by atoms with Crippen LogP contribution in [0.2, 0.25) is 0 Å². The van der Waals surface area contributed by atoms with E-state index in [4.69, 9.17) is 13.9 Å². The van der Waals surface area contributed by atoms with Crippen LogP contribution in [-0.4, -0.2) is 52.0 Å². The second kappa shape index (κ2) is 11.1. The van der Waals surface area contributed by atoms with Gasteiger partial charge in [-0.3, -0.25) is 14.7 Å². The number of hydrogen-bond acceptors (Lipinski definition) is 9. The molecule has 41 heavy (non-hydrogen) atoms. The molecule has 3 heterocycles. The topological polar surface area (TPSA) is 143 Å². The van der Waals surface area contributed by atoms with Crippen molar-refractivity contribution in [3.63, 3.8) is 0 Å². The van der Waals surface area contributed by atoms with Crippen LogP contribution in [0.5, 0.6) is 0 Å². The van der Waals surface area contributed by atoms with Gasteiger partial charge in [-0.05, 0) is 49.1 Å². The highest BCUT2D eigenvalue weighted by molar-refractivity contribution is 7.89. The highest BCUT2D eigenvalue weighted by Gasteiger charge is 2.61. The lowest BCUT2D eigenvalue weighted by Gasteiger charge is -2.29. The number of furan rings is 1. The molecular formula is C29H31N3O8S. The Kier molecular flexibility index (Phi) is 7.55. The summed E-state index contributed by atoms with van der Waals surface area (Å²) < 4.78 is 46.7. The minimum atomic E-state index is -3.98. The summed E-state index contributed by atoms with van der Waals surface area (Å²) in [7, 11) is -3.98. The van der Waals surface area contributed by atoms with Gasteiger partial charge in [0.25, 0.3) is 5.56 Å². The molecule has 12 heteroatoms. The summed E-state index contributed by atoms with van der Waals surface area (Å²) in [4.78, 5) is 13.3. The fourth-order valence-corrected chi connectivity index (χ4v) is 7.68. The van der Waals surface area contributed by atoms with E-state index in [-0.39, 0.29) is 36.2 Å². The van der Waals surface area contributed by atoms with E-state index in [0.717, 1.165) is 5.56 Å². The van der Waals surface area contributed by atoms with Crippen molar-refractivity contribution in [1.29, 1.82) is 0 Å². The van der Waals surface area contributed by atoms with Gasteiger partial charge in [-0.2, -0.15) is 4.31 Å². The van der Waals surface area contributed by atoms with E-state index in [0.29, 0.717) is 30.2 Å². The molecule has 2 fully saturated rings. The highest BCUT2D eigenvalue weighted by Crippen LogP contribution is 2.52. The Balaban J connectivity index is 1.19. The second-order valence-corrected chi connectivity index (χ2v) is 12.2. The van der Waals surface area contributed by atoms with E-state index in [1.807, 2.05) is 30.3 Å². The maximum absolute atomic E-state index is 14.0. The number of sulfonamides is 1. The SMILES string of the molecule is O=c1c2cccc(S(=O)(=O)N3CCC(NC(O)OCc4ccccc4)C34CC4)c2ccn1COC(O)c1ccoc1. The maximum atomic E-state index is 14.0. The molecule has 0 bridgehead atoms. The van der Waals surface area contributed by atoms with E-state index in [1.54, 1.807) is 24.3 Å². The zero-order valence-electron chi connectivity index (χ0n) is 22.1. The van der Waals surface area contributed by atoms with Crippen molar-refractivity contribution in [3.8, 4) is 0 Å². The Morgan fingerprint density at radius 1 is 1.02 bits per heavy atom. The summed E-state index contributed by atoms with van der Waals surface area (Å²) in [6, 6.07) is 16.9. The maximum Gasteiger partial charge on any atom is 0.260 e. The standard InChI is InChI=1S/C29H31N3O8S/c33-26-23-7-4-8-24(22(23)9-14-31(26)19-40-27(34)21-11-16-38-18-21)41(36,37)32-15-10-25(29(32)12-13-29)30-28(35)39-17-20-5-2-1-3-6-20/h1-9,11,14,16,18,25,27-28,30,34-35H,10,12-13,15,17,19H2. The number of pyridine rings is 1. The Morgan fingerprint density at radius 2 is 1.83 bits per heavy atom. The number of hydrogen-bond donors (Lipinski definition) is 3. The van der Waals surface area contributed by atoms with Crippen LogP contribution < -0.4 is 10.9 Å². The van der Waals surface area contributed by atoms with Crippen LogP contribution in [0.25, 0.3) is 10.8 Å². The van der Waals surface area contributed by atoms with Gasteiger partial charge in [0.1, 0.15) is 6.73 Å². The summed E-state index contributed by atoms with van der Waals surface area (Å²) in [6.45, 7) is 0.256. The smallest absolute Gasteiger partial charge is 0.260 e. The number of aliphatic hydroxyl groups excluding tert-OH is 2. The Hall–Kier alpha value is -3.36. The number of benzene rings is 2. The van der Waals surface area contributed by atoms with Gasteiger partial charge in [0.15, 0.2) is 6.29 Å². The number of aromatic nitrogens is 1. The monoisotopic (exact) mass is 581 g/mol. The van der Waals surface area contributed by atoms with Crippen molar-refractivity contribution in [2.75, 3.05) is 6.54 Å². The number of nitrogens with one attached hydrogen (secondary N) is 1. The molecule has 1 aliphatic heterocycles. The molecule has 1 saturated carbocycles. The molecule has 1 aliphatic carbocycles. The van der Waals surface area contributed by atoms with Crippen molar-refractivity contribution in [2.24, 2.45) is 0 Å². The van der Waals surface area contributed by atoms with Crippen LogP contribution in [0.4, 0.5) is 0 Å². The molecular weight excluding hydrogens is 550 g/mol. The van der Waals surface area contributed by atoms with E-state index in [9.17, 15) is 23.4 Å². The molecule has 216 valence electrons. The van der Waals surface area contributed by atoms with Crippen LogP contribution in [-0.2, 0) is 32.8 Å². The van der Waals surface area contributed by atoms with Gasteiger partial charge in [0.05, 0.1) is 29.6 Å². The minimum Gasteiger partial charge on any atom is -0.472 e. The second-order valence-electron chi connectivity index (χ2n) is 10.4. The minimum absolute atomic E-state index is 0.0476. The normalized spacial score (nSPS) is 20.0. The van der Waals surface area contributed by atoms with Crippen LogP contribution >= 0.6 is 0 Å². The zero-order valence-corrected chi connectivity index (χ0v) is 22.9. The van der Waals surface area contributed by atoms with Crippen molar-refractivity contribution < 1.29 is 32.5 Å². The molecule has 3 atom stereocenters. The number of fused-ring (bicyclic) bond motifs is 1. The molecule has 3 N–H and O–H groups in total. The quantitative estimate of drug-likeness (QED) is 0.228. The van der Waals surface area contributed by atoms with Crippen LogP contribution in [0.15, 0.2) is 93.5 Å². The largest absolute Gasteiger partial charge is 0.472 e. The fourth-order valence-electron chi connectivity index (χ4n) is 5.60. The first-order valence-electron chi connectivity index (χ1n) is 13.4. The first-order chi connectivity index (χ1) is 19.8. The van der Waals surface area contributed by atoms with Crippen molar-refractivity contribution in [2.45, 2.75) is 61.8 Å². The van der Waals surface area contributed by atoms with Gasteiger partial charge in [-0.1, -0.05) is 36.4 Å². The number of rotatable bonds is 11. The van der Waals surface area contributed by atoms with Gasteiger partial charge in [0.2, 0.25) is 16.4 Å². The molecule has 4 aromatic rings. The molecule has 2 aromatic heterocycles. The van der Waals surface area contributed by atoms with Crippen LogP contribution in [0, 0.1) is 0 Å². The number of nitrogens with zero attached hydrogens (tertiary/aromatic N) is 2. The van der Waals surface area contributed by atoms with E-state index < -0.39 is 33.8 Å². The third-order valence-electron chi connectivity index (χ3n) is 7.87. The highest BCUT2D eigenvalue weighted by atomic mass is 32.2. The van der Waals surface area contributed by atoms with Crippen molar-refractivity contribution >= 4 is 20.8 Å². The van der Waals surface area contributed by atoms with Crippen molar-refractivity contribution in [3.05, 3.63) is 101 Å². The predicted molar refractivity (Wildman–Crippen MR) is 148 cm³/mol. The molecule has 0 amide bonds. The lowest BCUT2D eigenvalue weighted by atomic mass is 10.1. The predicted octanol–water partition coefficient (Wildman–Crippen LogP) is 2.64. The van der Waals surface area contributed by atoms with Gasteiger partial charge >= 0.3 is 0 Å². The Morgan fingerprint density at radius 3 is 2.56 bits per heavy atom. The molecule has 3 unspecified atom stereocenters. The first kappa shape index (κ1) is 27.8. The van der Waals surface area contributed by atoms with Gasteiger partial charge in [-0.15, -0.1) is 0 Å². The lowest BCUT2D eigenvalue weighted by Crippen LogP contribution is -2.50. The van der Waals surface area contributed by atoms with Crippen LogP contribution in [0.1, 0.15) is 36.7 Å². The first-order valence-corrected chi connectivity index (χ1v) is 14.8. The Bertz CT molecular complexity index is 1670. The number of aliphatic hydroxyl groups is 2. The van der Waals surface area contributed by atoms with Crippen LogP contribution in [0.3, 0.4) is 0 Å². The Labute approximate surface area is 236 Å². The molecule has 0 radical (unpaired) electrons. The van der Waals surface area contributed by atoms with Crippen molar-refractivity contribution in [1.82, 2.24) is 14.2 Å². The summed E-state index contributed by atoms with van der Waals surface area (Å²) in [6.07, 6.45) is 3.49. The molecule has 2 aliphatic rings. The average Bonchev–Trinajstić information content (AvgIpc) is 3.40. The molecule has 2 aromatic carbocycles. The summed E-state index contributed by atoms with van der Waals surface area (Å²) in [5.41, 5.74) is 0.222. The van der Waals surface area contributed by atoms with Gasteiger partial charge < -0.3 is 24.1 Å². The van der Waals surface area contributed by atoms with E-state index >= 15 is 0 Å². The van der Waals surface area contributed by atoms with Gasteiger partial charge in [-0.25, -0.2) is 8.42 Å². The third kappa shape index (κ3) is 5.35. The van der Waals surface area contributed by atoms with E-state index in [1.165, 1.54) is 33.7 Å². The third-order valence-corrected chi connectivity index (χ3v) is 9.91. The van der Waals surface area contributed by atoms with E-state index in [2.05, 4.69) is 5.32 Å². The molecule has 1 spiro atoms. The molecule has 6 rings (SSSR count). The molecule has 11 nitrogen and oxygen atoms in total. The zero-order chi connectivity index (χ0) is 28.6. The summed E-state index contributed by atoms with van der Waals surface area (Å²) in [5, 5.41) is 24.3. The summed E-state index contributed by atoms with van der Waals surface area (Å²) >= 11 is 0. The lowest BCUT2D eigenvalue weighted by molar-refractivity contribution is -0.135. The molecule has 1 saturated heterocycles. The summed E-state index contributed by atoms with van der Waals surface area (Å²) in [5.74, 6) is 0. The van der Waals surface area contributed by atoms with Gasteiger partial charge in [0, 0.05) is 35.1 Å². The number of ether oxygens (including phenoxy) is 2.